The number of ether oxygens (including phenoxy) is 1. The first-order valence-corrected chi connectivity index (χ1v) is 8.87. The zero-order chi connectivity index (χ0) is 18.5. The molecular formula is C20H24N2O4. The molecule has 1 amide bonds. The van der Waals surface area contributed by atoms with Crippen LogP contribution in [0.2, 0.25) is 0 Å². The van der Waals surface area contributed by atoms with Gasteiger partial charge < -0.3 is 19.3 Å². The molecule has 1 N–H and O–H groups in total. The van der Waals surface area contributed by atoms with Crippen LogP contribution < -0.4 is 10.3 Å². The molecule has 0 saturated heterocycles. The number of nitrogens with zero attached hydrogens (tertiary/aromatic N) is 2. The van der Waals surface area contributed by atoms with E-state index in [2.05, 4.69) is 0 Å². The molecule has 6 nitrogen and oxygen atoms in total. The maximum atomic E-state index is 12.5. The smallest absolute Gasteiger partial charge is 0.250 e. The molecule has 2 aromatic rings. The van der Waals surface area contributed by atoms with Crippen molar-refractivity contribution >= 4 is 5.91 Å². The van der Waals surface area contributed by atoms with E-state index in [4.69, 9.17) is 4.74 Å². The monoisotopic (exact) mass is 356 g/mol. The summed E-state index contributed by atoms with van der Waals surface area (Å²) in [5, 5.41) is 10.6. The fourth-order valence-electron chi connectivity index (χ4n) is 3.37. The molecule has 1 aromatic carbocycles. The third-order valence-corrected chi connectivity index (χ3v) is 4.91. The Hall–Kier alpha value is -2.60. The molecule has 0 spiro atoms. The van der Waals surface area contributed by atoms with Gasteiger partial charge in [-0.15, -0.1) is 0 Å². The summed E-state index contributed by atoms with van der Waals surface area (Å²) in [6.45, 7) is 0.329. The second-order valence-corrected chi connectivity index (χ2v) is 6.59. The number of hydrogen-bond acceptors (Lipinski definition) is 4. The fourth-order valence-corrected chi connectivity index (χ4v) is 3.37. The van der Waals surface area contributed by atoms with E-state index in [1.165, 1.54) is 10.6 Å². The van der Waals surface area contributed by atoms with Crippen LogP contribution in [0.25, 0.3) is 0 Å². The van der Waals surface area contributed by atoms with Crippen molar-refractivity contribution < 1.29 is 14.6 Å². The second-order valence-electron chi connectivity index (χ2n) is 6.59. The van der Waals surface area contributed by atoms with Crippen molar-refractivity contribution in [1.82, 2.24) is 9.47 Å². The van der Waals surface area contributed by atoms with Crippen molar-refractivity contribution in [3.63, 3.8) is 0 Å². The molecule has 1 aliphatic carbocycles. The van der Waals surface area contributed by atoms with Crippen molar-refractivity contribution in [2.45, 2.75) is 44.1 Å². The maximum absolute atomic E-state index is 12.5. The number of aryl methyl sites for hydroxylation is 1. The number of benzene rings is 1. The predicted molar refractivity (Wildman–Crippen MR) is 98.0 cm³/mol. The zero-order valence-corrected chi connectivity index (χ0v) is 14.8. The van der Waals surface area contributed by atoms with Crippen LogP contribution in [0.1, 0.15) is 19.3 Å². The highest BCUT2D eigenvalue weighted by molar-refractivity contribution is 5.76. The molecule has 6 heteroatoms. The van der Waals surface area contributed by atoms with Crippen LogP contribution in [-0.2, 0) is 11.3 Å². The van der Waals surface area contributed by atoms with Gasteiger partial charge in [0.25, 0.3) is 5.56 Å². The second kappa shape index (κ2) is 8.19. The van der Waals surface area contributed by atoms with E-state index >= 15 is 0 Å². The first-order valence-electron chi connectivity index (χ1n) is 8.87. The molecule has 3 atom stereocenters. The summed E-state index contributed by atoms with van der Waals surface area (Å²) in [5.41, 5.74) is -0.125. The Bertz CT molecular complexity index is 790. The molecule has 26 heavy (non-hydrogen) atoms. The van der Waals surface area contributed by atoms with Gasteiger partial charge in [-0.25, -0.2) is 0 Å². The Morgan fingerprint density at radius 1 is 1.19 bits per heavy atom. The van der Waals surface area contributed by atoms with Crippen LogP contribution in [0.5, 0.6) is 5.75 Å². The largest absolute Gasteiger partial charge is 0.488 e. The Morgan fingerprint density at radius 3 is 2.65 bits per heavy atom. The molecule has 1 aliphatic rings. The Labute approximate surface area is 152 Å². The lowest BCUT2D eigenvalue weighted by atomic mass is 10.1. The minimum atomic E-state index is -0.733. The summed E-state index contributed by atoms with van der Waals surface area (Å²) >= 11 is 0. The van der Waals surface area contributed by atoms with Crippen LogP contribution >= 0.6 is 0 Å². The first kappa shape index (κ1) is 18.2. The number of carbonyl (C=O) groups is 1. The van der Waals surface area contributed by atoms with Crippen molar-refractivity contribution in [2.75, 3.05) is 7.05 Å². The van der Waals surface area contributed by atoms with Gasteiger partial charge in [0.05, 0.1) is 6.04 Å². The van der Waals surface area contributed by atoms with Crippen molar-refractivity contribution in [1.29, 1.82) is 0 Å². The number of hydrogen-bond donors (Lipinski definition) is 1. The number of amides is 1. The molecule has 3 rings (SSSR count). The summed E-state index contributed by atoms with van der Waals surface area (Å²) < 4.78 is 7.37. The summed E-state index contributed by atoms with van der Waals surface area (Å²) in [6.07, 6.45) is 2.21. The van der Waals surface area contributed by atoms with Crippen molar-refractivity contribution in [3.8, 4) is 5.75 Å². The normalized spacial score (nSPS) is 22.2. The predicted octanol–water partition coefficient (Wildman–Crippen LogP) is 1.67. The quantitative estimate of drug-likeness (QED) is 0.855. The Balaban J connectivity index is 1.55. The van der Waals surface area contributed by atoms with Crippen LogP contribution in [0.3, 0.4) is 0 Å². The van der Waals surface area contributed by atoms with E-state index in [0.717, 1.165) is 5.75 Å². The highest BCUT2D eigenvalue weighted by Crippen LogP contribution is 2.28. The average molecular weight is 356 g/mol. The number of aromatic nitrogens is 1. The minimum absolute atomic E-state index is 0.0924. The van der Waals surface area contributed by atoms with Crippen molar-refractivity contribution in [3.05, 3.63) is 65.1 Å². The molecule has 1 heterocycles. The molecule has 1 saturated carbocycles. The third kappa shape index (κ3) is 4.14. The van der Waals surface area contributed by atoms with E-state index in [1.807, 2.05) is 30.3 Å². The van der Waals surface area contributed by atoms with Crippen LogP contribution in [0, 0.1) is 0 Å². The summed E-state index contributed by atoms with van der Waals surface area (Å²) in [6, 6.07) is 14.0. The molecule has 0 unspecified atom stereocenters. The van der Waals surface area contributed by atoms with Crippen molar-refractivity contribution in [2.24, 2.45) is 0 Å². The molecule has 1 aromatic heterocycles. The molecule has 0 aliphatic heterocycles. The average Bonchev–Trinajstić information content (AvgIpc) is 3.01. The Kier molecular flexibility index (Phi) is 5.73. The number of para-hydroxylation sites is 1. The van der Waals surface area contributed by atoms with Gasteiger partial charge >= 0.3 is 0 Å². The number of aliphatic hydroxyl groups is 1. The zero-order valence-electron chi connectivity index (χ0n) is 14.8. The lowest BCUT2D eigenvalue weighted by Crippen LogP contribution is -2.45. The number of rotatable bonds is 6. The molecule has 1 fully saturated rings. The standard InChI is InChI=1S/C20H24N2O4/c1-21(18(23)12-14-22-13-6-5-9-19(22)24)16-10-11-17(20(16)25)26-15-7-3-2-4-8-15/h2-9,13,16-17,20,25H,10-12,14H2,1H3/t16-,17+,20+/m1/s1. The third-order valence-electron chi connectivity index (χ3n) is 4.91. The van der Waals surface area contributed by atoms with Gasteiger partial charge in [0.2, 0.25) is 5.91 Å². The lowest BCUT2D eigenvalue weighted by molar-refractivity contribution is -0.134. The van der Waals surface area contributed by atoms with Crippen LogP contribution in [0.4, 0.5) is 0 Å². The summed E-state index contributed by atoms with van der Waals surface area (Å²) in [5.74, 6) is 0.625. The number of likely N-dealkylation sites (N-methyl/N-ethyl adjacent to an activating group) is 1. The van der Waals surface area contributed by atoms with Gasteiger partial charge in [0.1, 0.15) is 18.0 Å². The van der Waals surface area contributed by atoms with Crippen LogP contribution in [-0.4, -0.2) is 45.8 Å². The van der Waals surface area contributed by atoms with Gasteiger partial charge in [0.15, 0.2) is 0 Å². The van der Waals surface area contributed by atoms with Crippen LogP contribution in [0.15, 0.2) is 59.5 Å². The van der Waals surface area contributed by atoms with E-state index in [-0.39, 0.29) is 30.0 Å². The van der Waals surface area contributed by atoms with Gasteiger partial charge in [-0.3, -0.25) is 9.59 Å². The van der Waals surface area contributed by atoms with E-state index in [9.17, 15) is 14.7 Å². The number of carbonyl (C=O) groups excluding carboxylic acids is 1. The highest BCUT2D eigenvalue weighted by atomic mass is 16.5. The summed E-state index contributed by atoms with van der Waals surface area (Å²) in [7, 11) is 1.70. The molecule has 138 valence electrons. The Morgan fingerprint density at radius 2 is 1.92 bits per heavy atom. The number of aliphatic hydroxyl groups excluding tert-OH is 1. The molecule has 0 bridgehead atoms. The van der Waals surface area contributed by atoms with Gasteiger partial charge in [-0.2, -0.15) is 0 Å². The fraction of sp³-hybridized carbons (Fsp3) is 0.400. The first-order chi connectivity index (χ1) is 12.6. The van der Waals surface area contributed by atoms with E-state index < -0.39 is 6.10 Å². The van der Waals surface area contributed by atoms with E-state index in [0.29, 0.717) is 19.4 Å². The highest BCUT2D eigenvalue weighted by Gasteiger charge is 2.40. The van der Waals surface area contributed by atoms with Gasteiger partial charge in [0, 0.05) is 32.3 Å². The minimum Gasteiger partial charge on any atom is -0.488 e. The topological polar surface area (TPSA) is 71.8 Å². The summed E-state index contributed by atoms with van der Waals surface area (Å²) in [4.78, 5) is 25.8. The molecule has 0 radical (unpaired) electrons. The SMILES string of the molecule is CN(C(=O)CCn1ccccc1=O)[C@@H]1CC[C@H](Oc2ccccc2)[C@H]1O. The lowest BCUT2D eigenvalue weighted by Gasteiger charge is -2.29. The van der Waals surface area contributed by atoms with Gasteiger partial charge in [-0.1, -0.05) is 24.3 Å². The number of pyridine rings is 1. The maximum Gasteiger partial charge on any atom is 0.250 e. The van der Waals surface area contributed by atoms with Gasteiger partial charge in [-0.05, 0) is 31.0 Å². The molecular weight excluding hydrogens is 332 g/mol. The van der Waals surface area contributed by atoms with E-state index in [1.54, 1.807) is 30.3 Å².